The second-order valence-electron chi connectivity index (χ2n) is 7.19. The molecule has 0 saturated heterocycles. The van der Waals surface area contributed by atoms with Crippen molar-refractivity contribution in [2.75, 3.05) is 13.7 Å². The van der Waals surface area contributed by atoms with Crippen molar-refractivity contribution in [1.29, 1.82) is 0 Å². The van der Waals surface area contributed by atoms with E-state index >= 15 is 0 Å². The molecule has 0 aromatic heterocycles. The van der Waals surface area contributed by atoms with E-state index < -0.39 is 6.04 Å². The van der Waals surface area contributed by atoms with Crippen molar-refractivity contribution in [2.45, 2.75) is 45.8 Å². The summed E-state index contributed by atoms with van der Waals surface area (Å²) in [6.07, 6.45) is 0.784. The van der Waals surface area contributed by atoms with E-state index in [4.69, 9.17) is 32.7 Å². The van der Waals surface area contributed by atoms with Gasteiger partial charge in [-0.15, -0.1) is 0 Å². The first kappa shape index (κ1) is 24.8. The van der Waals surface area contributed by atoms with Gasteiger partial charge in [-0.1, -0.05) is 48.3 Å². The molecule has 0 fully saturated rings. The van der Waals surface area contributed by atoms with Crippen LogP contribution in [0.3, 0.4) is 0 Å². The summed E-state index contributed by atoms with van der Waals surface area (Å²) in [6, 6.07) is 11.4. The quantitative estimate of drug-likeness (QED) is 0.550. The molecular weight excluding hydrogens is 439 g/mol. The predicted molar refractivity (Wildman–Crippen MR) is 123 cm³/mol. The molecule has 0 heterocycles. The van der Waals surface area contributed by atoms with Gasteiger partial charge in [0.2, 0.25) is 5.91 Å². The van der Waals surface area contributed by atoms with Gasteiger partial charge in [0, 0.05) is 22.6 Å². The largest absolute Gasteiger partial charge is 0.493 e. The molecule has 0 aliphatic rings. The topological polar surface area (TPSA) is 67.9 Å². The maximum Gasteiger partial charge on any atom is 0.261 e. The van der Waals surface area contributed by atoms with Crippen molar-refractivity contribution < 1.29 is 19.1 Å². The normalized spacial score (nSPS) is 12.6. The van der Waals surface area contributed by atoms with Gasteiger partial charge in [0.05, 0.1) is 7.11 Å². The van der Waals surface area contributed by atoms with Crippen molar-refractivity contribution in [3.05, 3.63) is 58.1 Å². The predicted octanol–water partition coefficient (Wildman–Crippen LogP) is 4.71. The number of carbonyl (C=O) groups excluding carboxylic acids is 2. The molecule has 1 N–H and O–H groups in total. The first-order valence-electron chi connectivity index (χ1n) is 10.1. The summed E-state index contributed by atoms with van der Waals surface area (Å²) in [7, 11) is 1.53. The number of halogens is 2. The third kappa shape index (κ3) is 7.04. The molecule has 2 aromatic carbocycles. The molecule has 168 valence electrons. The second kappa shape index (κ2) is 11.8. The smallest absolute Gasteiger partial charge is 0.261 e. The van der Waals surface area contributed by atoms with E-state index in [9.17, 15) is 9.59 Å². The van der Waals surface area contributed by atoms with E-state index in [1.807, 2.05) is 19.9 Å². The van der Waals surface area contributed by atoms with Gasteiger partial charge in [0.25, 0.3) is 5.91 Å². The number of carbonyl (C=O) groups is 2. The number of methoxy groups -OCH3 is 1. The number of rotatable bonds is 10. The highest BCUT2D eigenvalue weighted by Crippen LogP contribution is 2.26. The molecule has 0 aliphatic carbocycles. The number of amides is 2. The lowest BCUT2D eigenvalue weighted by Crippen LogP contribution is -2.50. The molecule has 0 spiro atoms. The fraction of sp³-hybridized carbons (Fsp3) is 0.391. The minimum atomic E-state index is -0.727. The third-order valence-corrected chi connectivity index (χ3v) is 5.53. The van der Waals surface area contributed by atoms with Gasteiger partial charge in [0.15, 0.2) is 18.1 Å². The Balaban J connectivity index is 2.22. The van der Waals surface area contributed by atoms with Gasteiger partial charge >= 0.3 is 0 Å². The van der Waals surface area contributed by atoms with Crippen LogP contribution in [0, 0.1) is 0 Å². The maximum atomic E-state index is 13.1. The first-order chi connectivity index (χ1) is 14.8. The summed E-state index contributed by atoms with van der Waals surface area (Å²) in [6.45, 7) is 5.46. The molecule has 2 atom stereocenters. The van der Waals surface area contributed by atoms with Crippen LogP contribution in [-0.4, -0.2) is 42.5 Å². The number of para-hydroxylation sites is 2. The SMILES string of the molecule is CC[C@H](C)NC(=O)[C@H](C)N(Cc1ccc(Cl)cc1Cl)C(=O)COc1ccccc1OC. The van der Waals surface area contributed by atoms with Crippen molar-refractivity contribution in [3.8, 4) is 11.5 Å². The van der Waals surface area contributed by atoms with Crippen molar-refractivity contribution >= 4 is 35.0 Å². The minimum Gasteiger partial charge on any atom is -0.493 e. The Morgan fingerprint density at radius 1 is 1.10 bits per heavy atom. The lowest BCUT2D eigenvalue weighted by molar-refractivity contribution is -0.142. The standard InChI is InChI=1S/C23H28Cl2N2O4/c1-5-15(2)26-23(29)16(3)27(13-17-10-11-18(24)12-19(17)25)22(28)14-31-21-9-7-6-8-20(21)30-4/h6-12,15-16H,5,13-14H2,1-4H3,(H,26,29)/t15-,16-/m0/s1. The van der Waals surface area contributed by atoms with E-state index in [-0.39, 0.29) is 31.0 Å². The minimum absolute atomic E-state index is 0.00384. The summed E-state index contributed by atoms with van der Waals surface area (Å²) < 4.78 is 10.9. The third-order valence-electron chi connectivity index (χ3n) is 4.94. The summed E-state index contributed by atoms with van der Waals surface area (Å²) in [5.74, 6) is 0.360. The highest BCUT2D eigenvalue weighted by molar-refractivity contribution is 6.35. The Morgan fingerprint density at radius 3 is 2.39 bits per heavy atom. The van der Waals surface area contributed by atoms with Crippen LogP contribution in [0.15, 0.2) is 42.5 Å². The monoisotopic (exact) mass is 466 g/mol. The van der Waals surface area contributed by atoms with Crippen LogP contribution in [0.5, 0.6) is 11.5 Å². The molecular formula is C23H28Cl2N2O4. The number of nitrogens with zero attached hydrogens (tertiary/aromatic N) is 1. The van der Waals surface area contributed by atoms with Gasteiger partial charge in [0.1, 0.15) is 6.04 Å². The Kier molecular flexibility index (Phi) is 9.46. The van der Waals surface area contributed by atoms with Crippen LogP contribution in [-0.2, 0) is 16.1 Å². The average molecular weight is 467 g/mol. The van der Waals surface area contributed by atoms with Gasteiger partial charge in [-0.3, -0.25) is 9.59 Å². The fourth-order valence-corrected chi connectivity index (χ4v) is 3.31. The van der Waals surface area contributed by atoms with Crippen LogP contribution in [0.25, 0.3) is 0 Å². The zero-order valence-corrected chi connectivity index (χ0v) is 19.7. The van der Waals surface area contributed by atoms with Crippen molar-refractivity contribution in [1.82, 2.24) is 10.2 Å². The molecule has 0 saturated carbocycles. The summed E-state index contributed by atoms with van der Waals surface area (Å²) >= 11 is 12.3. The molecule has 0 aliphatic heterocycles. The molecule has 6 nitrogen and oxygen atoms in total. The van der Waals surface area contributed by atoms with Crippen molar-refractivity contribution in [3.63, 3.8) is 0 Å². The van der Waals surface area contributed by atoms with Crippen LogP contribution in [0.4, 0.5) is 0 Å². The van der Waals surface area contributed by atoms with E-state index in [1.54, 1.807) is 43.3 Å². The second-order valence-corrected chi connectivity index (χ2v) is 8.03. The van der Waals surface area contributed by atoms with E-state index in [1.165, 1.54) is 12.0 Å². The average Bonchev–Trinajstić information content (AvgIpc) is 2.76. The van der Waals surface area contributed by atoms with Gasteiger partial charge < -0.3 is 19.7 Å². The fourth-order valence-electron chi connectivity index (χ4n) is 2.84. The Morgan fingerprint density at radius 2 is 1.77 bits per heavy atom. The highest BCUT2D eigenvalue weighted by Gasteiger charge is 2.28. The number of hydrogen-bond donors (Lipinski definition) is 1. The number of ether oxygens (including phenoxy) is 2. The lowest BCUT2D eigenvalue weighted by atomic mass is 10.1. The Labute approximate surface area is 193 Å². The van der Waals surface area contributed by atoms with Crippen LogP contribution < -0.4 is 14.8 Å². The molecule has 8 heteroatoms. The van der Waals surface area contributed by atoms with Crippen LogP contribution >= 0.6 is 23.2 Å². The summed E-state index contributed by atoms with van der Waals surface area (Å²) in [4.78, 5) is 27.3. The summed E-state index contributed by atoms with van der Waals surface area (Å²) in [5, 5.41) is 3.83. The van der Waals surface area contributed by atoms with Gasteiger partial charge in [-0.2, -0.15) is 0 Å². The van der Waals surface area contributed by atoms with Crippen LogP contribution in [0.2, 0.25) is 10.0 Å². The molecule has 0 bridgehead atoms. The van der Waals surface area contributed by atoms with E-state index in [0.29, 0.717) is 27.1 Å². The molecule has 0 radical (unpaired) electrons. The zero-order valence-electron chi connectivity index (χ0n) is 18.2. The molecule has 2 amide bonds. The molecule has 2 rings (SSSR count). The Hall–Kier alpha value is -2.44. The van der Waals surface area contributed by atoms with E-state index in [2.05, 4.69) is 5.32 Å². The number of nitrogens with one attached hydrogen (secondary N) is 1. The molecule has 0 unspecified atom stereocenters. The first-order valence-corrected chi connectivity index (χ1v) is 10.8. The van der Waals surface area contributed by atoms with Crippen molar-refractivity contribution in [2.24, 2.45) is 0 Å². The number of benzene rings is 2. The van der Waals surface area contributed by atoms with Gasteiger partial charge in [-0.25, -0.2) is 0 Å². The summed E-state index contributed by atoms with van der Waals surface area (Å²) in [5.41, 5.74) is 0.680. The zero-order chi connectivity index (χ0) is 23.0. The van der Waals surface area contributed by atoms with Gasteiger partial charge in [-0.05, 0) is 50.1 Å². The lowest BCUT2D eigenvalue weighted by Gasteiger charge is -2.30. The molecule has 2 aromatic rings. The van der Waals surface area contributed by atoms with E-state index in [0.717, 1.165) is 6.42 Å². The highest BCUT2D eigenvalue weighted by atomic mass is 35.5. The molecule has 31 heavy (non-hydrogen) atoms. The number of hydrogen-bond acceptors (Lipinski definition) is 4. The van der Waals surface area contributed by atoms with Crippen LogP contribution in [0.1, 0.15) is 32.8 Å². The Bertz CT molecular complexity index is 907. The maximum absolute atomic E-state index is 13.1.